The number of nitriles is 1. The van der Waals surface area contributed by atoms with Crippen LogP contribution in [0.1, 0.15) is 25.5 Å². The Kier molecular flexibility index (Phi) is 2.66. The van der Waals surface area contributed by atoms with E-state index in [0.29, 0.717) is 24.6 Å². The normalized spacial score (nSPS) is 27.1. The molecule has 5 heteroatoms. The number of carbonyl (C=O) groups is 1. The van der Waals surface area contributed by atoms with Gasteiger partial charge in [0.1, 0.15) is 11.2 Å². The summed E-state index contributed by atoms with van der Waals surface area (Å²) in [6.07, 6.45) is 1.29. The first-order valence-electron chi connectivity index (χ1n) is 5.70. The Morgan fingerprint density at radius 3 is 2.76 bits per heavy atom. The summed E-state index contributed by atoms with van der Waals surface area (Å²) in [5.74, 6) is 0.886. The van der Waals surface area contributed by atoms with E-state index in [2.05, 4.69) is 23.4 Å². The van der Waals surface area contributed by atoms with Crippen LogP contribution < -0.4 is 5.32 Å². The predicted octanol–water partition coefficient (Wildman–Crippen LogP) is 1.61. The van der Waals surface area contributed by atoms with Crippen molar-refractivity contribution in [3.8, 4) is 6.07 Å². The summed E-state index contributed by atoms with van der Waals surface area (Å²) in [4.78, 5) is 12.1. The molecule has 0 aromatic carbocycles. The Morgan fingerprint density at radius 2 is 2.35 bits per heavy atom. The lowest BCUT2D eigenvalue weighted by Crippen LogP contribution is -2.45. The van der Waals surface area contributed by atoms with Crippen LogP contribution >= 0.6 is 0 Å². The van der Waals surface area contributed by atoms with Gasteiger partial charge in [0.15, 0.2) is 0 Å². The lowest BCUT2D eigenvalue weighted by atomic mass is 9.63. The average Bonchev–Trinajstić information content (AvgIpc) is 2.52. The van der Waals surface area contributed by atoms with Crippen molar-refractivity contribution < 1.29 is 4.79 Å². The molecule has 90 valence electrons. The van der Waals surface area contributed by atoms with Gasteiger partial charge in [-0.15, -0.1) is 0 Å². The van der Waals surface area contributed by atoms with Crippen LogP contribution in [0.2, 0.25) is 0 Å². The quantitative estimate of drug-likeness (QED) is 0.842. The van der Waals surface area contributed by atoms with Crippen molar-refractivity contribution >= 4 is 11.7 Å². The van der Waals surface area contributed by atoms with Crippen molar-refractivity contribution in [2.24, 2.45) is 18.4 Å². The van der Waals surface area contributed by atoms with Crippen molar-refractivity contribution in [3.63, 3.8) is 0 Å². The second-order valence-electron chi connectivity index (χ2n) is 4.96. The van der Waals surface area contributed by atoms with E-state index in [1.54, 1.807) is 17.8 Å². The van der Waals surface area contributed by atoms with E-state index in [9.17, 15) is 4.79 Å². The molecule has 0 unspecified atom stereocenters. The van der Waals surface area contributed by atoms with Gasteiger partial charge < -0.3 is 5.32 Å². The number of aromatic nitrogens is 2. The number of hydrogen-bond acceptors (Lipinski definition) is 3. The van der Waals surface area contributed by atoms with Crippen LogP contribution in [0.3, 0.4) is 0 Å². The summed E-state index contributed by atoms with van der Waals surface area (Å²) in [6.45, 7) is 3.91. The topological polar surface area (TPSA) is 70.7 Å². The van der Waals surface area contributed by atoms with E-state index < -0.39 is 5.41 Å². The molecule has 1 aliphatic carbocycles. The number of amides is 1. The highest BCUT2D eigenvalue weighted by molar-refractivity contribution is 5.97. The number of carbonyl (C=O) groups excluding carboxylic acids is 1. The number of rotatable bonds is 2. The number of nitrogens with zero attached hydrogens (tertiary/aromatic N) is 3. The molecule has 1 N–H and O–H groups in total. The molecule has 5 nitrogen and oxygen atoms in total. The van der Waals surface area contributed by atoms with Crippen molar-refractivity contribution in [1.82, 2.24) is 9.78 Å². The van der Waals surface area contributed by atoms with Gasteiger partial charge >= 0.3 is 0 Å². The molecule has 1 aliphatic rings. The van der Waals surface area contributed by atoms with Gasteiger partial charge in [0.05, 0.1) is 11.8 Å². The van der Waals surface area contributed by atoms with Crippen molar-refractivity contribution in [3.05, 3.63) is 11.8 Å². The van der Waals surface area contributed by atoms with Gasteiger partial charge in [0, 0.05) is 13.1 Å². The van der Waals surface area contributed by atoms with Crippen LogP contribution in [-0.4, -0.2) is 15.7 Å². The molecule has 1 aromatic rings. The van der Waals surface area contributed by atoms with Gasteiger partial charge in [-0.3, -0.25) is 9.48 Å². The molecule has 1 aromatic heterocycles. The molecule has 0 bridgehead atoms. The highest BCUT2D eigenvalue weighted by atomic mass is 16.2. The molecule has 0 spiro atoms. The minimum atomic E-state index is -0.836. The zero-order valence-corrected chi connectivity index (χ0v) is 10.3. The van der Waals surface area contributed by atoms with E-state index >= 15 is 0 Å². The largest absolute Gasteiger partial charge is 0.310 e. The van der Waals surface area contributed by atoms with Crippen LogP contribution in [-0.2, 0) is 11.8 Å². The number of aryl methyl sites for hydroxylation is 2. The van der Waals surface area contributed by atoms with Crippen LogP contribution in [0.4, 0.5) is 5.82 Å². The Labute approximate surface area is 100 Å². The molecule has 1 fully saturated rings. The Morgan fingerprint density at radius 1 is 1.71 bits per heavy atom. The highest BCUT2D eigenvalue weighted by Crippen LogP contribution is 2.45. The standard InChI is InChI=1S/C12H16N4O/c1-8-5-12(6-8,7-13)11(17)14-10-4-9(2)15-16(10)3/h4,8H,5-6H2,1-3H3,(H,14,17). The van der Waals surface area contributed by atoms with E-state index in [0.717, 1.165) is 5.69 Å². The van der Waals surface area contributed by atoms with Crippen molar-refractivity contribution in [1.29, 1.82) is 5.26 Å². The Bertz CT molecular complexity index is 491. The predicted molar refractivity (Wildman–Crippen MR) is 63.0 cm³/mol. The molecule has 1 amide bonds. The van der Waals surface area contributed by atoms with Gasteiger partial charge in [-0.25, -0.2) is 0 Å². The summed E-state index contributed by atoms with van der Waals surface area (Å²) in [5.41, 5.74) is 0.00760. The third-order valence-corrected chi connectivity index (χ3v) is 3.29. The molecule has 0 atom stereocenters. The maximum atomic E-state index is 12.1. The molecule has 0 aliphatic heterocycles. The first-order chi connectivity index (χ1) is 7.97. The van der Waals surface area contributed by atoms with E-state index in [4.69, 9.17) is 5.26 Å². The molecule has 1 heterocycles. The lowest BCUT2D eigenvalue weighted by Gasteiger charge is -2.39. The van der Waals surface area contributed by atoms with Crippen LogP contribution in [0.5, 0.6) is 0 Å². The Hall–Kier alpha value is -1.83. The molecule has 2 rings (SSSR count). The molecule has 0 saturated heterocycles. The fraction of sp³-hybridized carbons (Fsp3) is 0.583. The first-order valence-corrected chi connectivity index (χ1v) is 5.70. The molecule has 1 saturated carbocycles. The number of anilines is 1. The second-order valence-corrected chi connectivity index (χ2v) is 4.96. The van der Waals surface area contributed by atoms with E-state index in [1.807, 2.05) is 6.92 Å². The summed E-state index contributed by atoms with van der Waals surface area (Å²) in [6, 6.07) is 3.95. The molecular weight excluding hydrogens is 216 g/mol. The smallest absolute Gasteiger partial charge is 0.246 e. The third-order valence-electron chi connectivity index (χ3n) is 3.29. The van der Waals surface area contributed by atoms with Gasteiger partial charge in [0.2, 0.25) is 5.91 Å². The molecular formula is C12H16N4O. The molecule has 17 heavy (non-hydrogen) atoms. The van der Waals surface area contributed by atoms with Gasteiger partial charge in [-0.1, -0.05) is 6.92 Å². The number of nitrogens with one attached hydrogen (secondary N) is 1. The lowest BCUT2D eigenvalue weighted by molar-refractivity contribution is -0.128. The summed E-state index contributed by atoms with van der Waals surface area (Å²) >= 11 is 0. The van der Waals surface area contributed by atoms with Crippen molar-refractivity contribution in [2.45, 2.75) is 26.7 Å². The highest BCUT2D eigenvalue weighted by Gasteiger charge is 2.49. The van der Waals surface area contributed by atoms with Crippen LogP contribution in [0, 0.1) is 29.6 Å². The monoisotopic (exact) mass is 232 g/mol. The van der Waals surface area contributed by atoms with Crippen molar-refractivity contribution in [2.75, 3.05) is 5.32 Å². The second kappa shape index (κ2) is 3.88. The maximum absolute atomic E-state index is 12.1. The summed E-state index contributed by atoms with van der Waals surface area (Å²) in [5, 5.41) is 16.1. The van der Waals surface area contributed by atoms with E-state index in [1.165, 1.54) is 0 Å². The minimum Gasteiger partial charge on any atom is -0.310 e. The van der Waals surface area contributed by atoms with Gasteiger partial charge in [-0.2, -0.15) is 10.4 Å². The fourth-order valence-corrected chi connectivity index (χ4v) is 2.42. The maximum Gasteiger partial charge on any atom is 0.246 e. The zero-order valence-electron chi connectivity index (χ0n) is 10.3. The first kappa shape index (κ1) is 11.6. The summed E-state index contributed by atoms with van der Waals surface area (Å²) < 4.78 is 1.61. The van der Waals surface area contributed by atoms with Gasteiger partial charge in [0.25, 0.3) is 0 Å². The summed E-state index contributed by atoms with van der Waals surface area (Å²) in [7, 11) is 1.77. The van der Waals surface area contributed by atoms with Crippen LogP contribution in [0.25, 0.3) is 0 Å². The minimum absolute atomic E-state index is 0.207. The Balaban J connectivity index is 2.12. The SMILES string of the molecule is Cc1cc(NC(=O)C2(C#N)CC(C)C2)n(C)n1. The third kappa shape index (κ3) is 1.91. The van der Waals surface area contributed by atoms with E-state index in [-0.39, 0.29) is 5.91 Å². The number of hydrogen-bond donors (Lipinski definition) is 1. The molecule has 0 radical (unpaired) electrons. The average molecular weight is 232 g/mol. The fourth-order valence-electron chi connectivity index (χ4n) is 2.42. The van der Waals surface area contributed by atoms with Gasteiger partial charge in [-0.05, 0) is 25.7 Å². The zero-order chi connectivity index (χ0) is 12.6. The van der Waals surface area contributed by atoms with Crippen LogP contribution in [0.15, 0.2) is 6.07 Å².